The molecule has 1 aromatic rings. The zero-order valence-electron chi connectivity index (χ0n) is 10.9. The topological polar surface area (TPSA) is 63.2 Å². The number of halogens is 1. The zero-order chi connectivity index (χ0) is 14.6. The molecule has 0 aromatic heterocycles. The quantitative estimate of drug-likeness (QED) is 0.894. The van der Waals surface area contributed by atoms with Gasteiger partial charge in [-0.25, -0.2) is 12.8 Å². The molecule has 6 heteroatoms. The largest absolute Gasteiger partial charge is 0.356 e. The lowest BCUT2D eigenvalue weighted by molar-refractivity contribution is -0.121. The zero-order valence-corrected chi connectivity index (χ0v) is 11.7. The molecule has 1 N–H and O–H groups in total. The highest BCUT2D eigenvalue weighted by molar-refractivity contribution is 7.94. The summed E-state index contributed by atoms with van der Waals surface area (Å²) in [6.07, 6.45) is 2.36. The van der Waals surface area contributed by atoms with Gasteiger partial charge in [-0.05, 0) is 24.1 Å². The monoisotopic (exact) mass is 297 g/mol. The van der Waals surface area contributed by atoms with Crippen LogP contribution in [0.15, 0.2) is 35.7 Å². The van der Waals surface area contributed by atoms with Crippen LogP contribution in [0.3, 0.4) is 0 Å². The second-order valence-electron chi connectivity index (χ2n) is 4.85. The Morgan fingerprint density at radius 3 is 2.60 bits per heavy atom. The maximum Gasteiger partial charge on any atom is 0.220 e. The molecule has 0 spiro atoms. The van der Waals surface area contributed by atoms with Crippen molar-refractivity contribution >= 4 is 15.7 Å². The number of carbonyl (C=O) groups excluding carboxylic acids is 1. The minimum absolute atomic E-state index is 0.0123. The number of allylic oxidation sites excluding steroid dienone is 1. The summed E-state index contributed by atoms with van der Waals surface area (Å²) >= 11 is 0. The molecule has 0 unspecified atom stereocenters. The highest BCUT2D eigenvalue weighted by Gasteiger charge is 2.23. The molecule has 4 nitrogen and oxygen atoms in total. The van der Waals surface area contributed by atoms with Crippen molar-refractivity contribution in [3.63, 3.8) is 0 Å². The van der Waals surface area contributed by atoms with Crippen molar-refractivity contribution in [2.45, 2.75) is 12.8 Å². The smallest absolute Gasteiger partial charge is 0.220 e. The number of hydrogen-bond acceptors (Lipinski definition) is 3. The predicted molar refractivity (Wildman–Crippen MR) is 74.1 cm³/mol. The lowest BCUT2D eigenvalue weighted by Crippen LogP contribution is -2.27. The molecule has 20 heavy (non-hydrogen) atoms. The Balaban J connectivity index is 1.71. The van der Waals surface area contributed by atoms with Crippen LogP contribution < -0.4 is 5.32 Å². The number of sulfone groups is 1. The molecule has 1 atom stereocenters. The summed E-state index contributed by atoms with van der Waals surface area (Å²) in [4.78, 5) is 11.7. The molecule has 0 saturated heterocycles. The number of amides is 1. The van der Waals surface area contributed by atoms with Crippen molar-refractivity contribution < 1.29 is 17.6 Å². The Hall–Kier alpha value is -1.69. The summed E-state index contributed by atoms with van der Waals surface area (Å²) in [7, 11) is -3.10. The third-order valence-electron chi connectivity index (χ3n) is 3.10. The summed E-state index contributed by atoms with van der Waals surface area (Å²) < 4.78 is 35.1. The highest BCUT2D eigenvalue weighted by Crippen LogP contribution is 2.17. The standard InChI is InChI=1S/C14H16FNO3S/c15-13-3-1-11(2-4-13)5-7-16-14(17)9-12-6-8-20(18,19)10-12/h1-4,6,8,12H,5,7,9-10H2,(H,16,17)/t12-/m1/s1. The summed E-state index contributed by atoms with van der Waals surface area (Å²) in [6, 6.07) is 6.11. The fraction of sp³-hybridized carbons (Fsp3) is 0.357. The van der Waals surface area contributed by atoms with Crippen LogP contribution in [-0.2, 0) is 21.1 Å². The van der Waals surface area contributed by atoms with Gasteiger partial charge >= 0.3 is 0 Å². The van der Waals surface area contributed by atoms with E-state index in [1.807, 2.05) is 0 Å². The minimum atomic E-state index is -3.10. The Bertz CT molecular complexity index is 608. The van der Waals surface area contributed by atoms with Crippen molar-refractivity contribution in [1.29, 1.82) is 0 Å². The summed E-state index contributed by atoms with van der Waals surface area (Å²) in [6.45, 7) is 0.452. The summed E-state index contributed by atoms with van der Waals surface area (Å²) in [5.41, 5.74) is 0.940. The average Bonchev–Trinajstić information content (AvgIpc) is 2.71. The van der Waals surface area contributed by atoms with Crippen LogP contribution in [0.25, 0.3) is 0 Å². The van der Waals surface area contributed by atoms with E-state index in [2.05, 4.69) is 5.32 Å². The first-order valence-corrected chi connectivity index (χ1v) is 8.08. The number of rotatable bonds is 5. The first kappa shape index (κ1) is 14.7. The molecular formula is C14H16FNO3S. The molecule has 108 valence electrons. The Morgan fingerprint density at radius 2 is 2.00 bits per heavy atom. The molecule has 0 radical (unpaired) electrons. The normalized spacial score (nSPS) is 19.9. The van der Waals surface area contributed by atoms with Crippen LogP contribution in [0.4, 0.5) is 4.39 Å². The van der Waals surface area contributed by atoms with E-state index in [1.54, 1.807) is 18.2 Å². The van der Waals surface area contributed by atoms with Gasteiger partial charge in [0.25, 0.3) is 0 Å². The number of benzene rings is 1. The van der Waals surface area contributed by atoms with Gasteiger partial charge in [-0.2, -0.15) is 0 Å². The molecule has 1 aromatic carbocycles. The third kappa shape index (κ3) is 4.45. The van der Waals surface area contributed by atoms with Gasteiger partial charge in [0.15, 0.2) is 9.84 Å². The van der Waals surface area contributed by atoms with E-state index < -0.39 is 9.84 Å². The van der Waals surface area contributed by atoms with Gasteiger partial charge in [-0.3, -0.25) is 4.79 Å². The van der Waals surface area contributed by atoms with Crippen LogP contribution in [0.1, 0.15) is 12.0 Å². The van der Waals surface area contributed by atoms with E-state index in [9.17, 15) is 17.6 Å². The molecule has 1 amide bonds. The van der Waals surface area contributed by atoms with E-state index in [1.165, 1.54) is 17.5 Å². The van der Waals surface area contributed by atoms with Crippen molar-refractivity contribution in [2.75, 3.05) is 12.3 Å². The molecule has 1 aliphatic rings. The fourth-order valence-corrected chi connectivity index (χ4v) is 3.47. The van der Waals surface area contributed by atoms with Crippen molar-refractivity contribution in [3.8, 4) is 0 Å². The first-order chi connectivity index (χ1) is 9.44. The van der Waals surface area contributed by atoms with Crippen molar-refractivity contribution in [2.24, 2.45) is 5.92 Å². The summed E-state index contributed by atoms with van der Waals surface area (Å²) in [5.74, 6) is -0.671. The predicted octanol–water partition coefficient (Wildman–Crippen LogP) is 1.43. The third-order valence-corrected chi connectivity index (χ3v) is 4.57. The average molecular weight is 297 g/mol. The molecule has 0 aliphatic carbocycles. The van der Waals surface area contributed by atoms with E-state index in [-0.39, 0.29) is 29.8 Å². The Morgan fingerprint density at radius 1 is 1.30 bits per heavy atom. The van der Waals surface area contributed by atoms with Crippen LogP contribution in [0, 0.1) is 11.7 Å². The number of hydrogen-bond donors (Lipinski definition) is 1. The minimum Gasteiger partial charge on any atom is -0.356 e. The molecule has 0 saturated carbocycles. The van der Waals surface area contributed by atoms with Gasteiger partial charge in [0.05, 0.1) is 5.75 Å². The number of nitrogens with one attached hydrogen (secondary N) is 1. The molecule has 2 rings (SSSR count). The SMILES string of the molecule is O=C(C[C@H]1C=CS(=O)(=O)C1)NCCc1ccc(F)cc1. The van der Waals surface area contributed by atoms with Crippen LogP contribution in [0.2, 0.25) is 0 Å². The Labute approximate surface area is 117 Å². The van der Waals surface area contributed by atoms with Gasteiger partial charge in [0, 0.05) is 24.3 Å². The maximum absolute atomic E-state index is 12.7. The molecule has 1 aliphatic heterocycles. The van der Waals surface area contributed by atoms with Crippen molar-refractivity contribution in [1.82, 2.24) is 5.32 Å². The first-order valence-electron chi connectivity index (χ1n) is 6.37. The van der Waals surface area contributed by atoms with Gasteiger partial charge in [-0.1, -0.05) is 18.2 Å². The Kier molecular flexibility index (Phi) is 4.54. The van der Waals surface area contributed by atoms with Crippen molar-refractivity contribution in [3.05, 3.63) is 47.1 Å². The lowest BCUT2D eigenvalue weighted by atomic mass is 10.1. The molecule has 0 fully saturated rings. The fourth-order valence-electron chi connectivity index (χ4n) is 2.07. The van der Waals surface area contributed by atoms with E-state index in [4.69, 9.17) is 0 Å². The highest BCUT2D eigenvalue weighted by atomic mass is 32.2. The van der Waals surface area contributed by atoms with E-state index >= 15 is 0 Å². The molecular weight excluding hydrogens is 281 g/mol. The second kappa shape index (κ2) is 6.17. The maximum atomic E-state index is 12.7. The lowest BCUT2D eigenvalue weighted by Gasteiger charge is -2.08. The number of carbonyl (C=O) groups is 1. The summed E-state index contributed by atoms with van der Waals surface area (Å²) in [5, 5.41) is 3.91. The molecule has 1 heterocycles. The van der Waals surface area contributed by atoms with Crippen LogP contribution >= 0.6 is 0 Å². The van der Waals surface area contributed by atoms with Gasteiger partial charge < -0.3 is 5.32 Å². The van der Waals surface area contributed by atoms with Crippen LogP contribution in [0.5, 0.6) is 0 Å². The van der Waals surface area contributed by atoms with Gasteiger partial charge in [-0.15, -0.1) is 0 Å². The molecule has 0 bridgehead atoms. The van der Waals surface area contributed by atoms with Gasteiger partial charge in [0.2, 0.25) is 5.91 Å². The van der Waals surface area contributed by atoms with Gasteiger partial charge in [0.1, 0.15) is 5.82 Å². The van der Waals surface area contributed by atoms with E-state index in [0.717, 1.165) is 5.56 Å². The second-order valence-corrected chi connectivity index (χ2v) is 6.78. The van der Waals surface area contributed by atoms with Crippen LogP contribution in [-0.4, -0.2) is 26.6 Å². The van der Waals surface area contributed by atoms with E-state index in [0.29, 0.717) is 13.0 Å².